The third-order valence-corrected chi connectivity index (χ3v) is 4.83. The van der Waals surface area contributed by atoms with Gasteiger partial charge in [-0.15, -0.1) is 0 Å². The quantitative estimate of drug-likeness (QED) is 0.803. The summed E-state index contributed by atoms with van der Waals surface area (Å²) in [5.74, 6) is 0. The van der Waals surface area contributed by atoms with E-state index in [0.717, 1.165) is 38.6 Å². The van der Waals surface area contributed by atoms with Gasteiger partial charge in [-0.25, -0.2) is 0 Å². The van der Waals surface area contributed by atoms with E-state index < -0.39 is 11.7 Å². The van der Waals surface area contributed by atoms with E-state index in [1.165, 1.54) is 12.5 Å². The summed E-state index contributed by atoms with van der Waals surface area (Å²) in [5.41, 5.74) is -0.194. The highest BCUT2D eigenvalue weighted by Gasteiger charge is 2.34. The minimum absolute atomic E-state index is 0.168. The summed E-state index contributed by atoms with van der Waals surface area (Å²) >= 11 is 5.68. The van der Waals surface area contributed by atoms with Gasteiger partial charge in [0, 0.05) is 38.5 Å². The zero-order chi connectivity index (χ0) is 16.4. The Morgan fingerprint density at radius 2 is 1.83 bits per heavy atom. The van der Waals surface area contributed by atoms with Crippen LogP contribution in [-0.4, -0.2) is 43.9 Å². The highest BCUT2D eigenvalue weighted by Crippen LogP contribution is 2.37. The van der Waals surface area contributed by atoms with Crippen LogP contribution in [0, 0.1) is 0 Å². The lowest BCUT2D eigenvalue weighted by Gasteiger charge is -2.41. The van der Waals surface area contributed by atoms with Gasteiger partial charge in [0.25, 0.3) is 0 Å². The molecule has 1 aromatic rings. The van der Waals surface area contributed by atoms with E-state index in [2.05, 4.69) is 4.90 Å². The maximum absolute atomic E-state index is 13.0. The maximum Gasteiger partial charge on any atom is 0.417 e. The molecule has 0 amide bonds. The molecule has 0 saturated carbocycles. The zero-order valence-electron chi connectivity index (χ0n) is 12.8. The Labute approximate surface area is 139 Å². The molecule has 1 unspecified atom stereocenters. The van der Waals surface area contributed by atoms with Crippen molar-refractivity contribution in [2.24, 2.45) is 0 Å². The fraction of sp³-hybridized carbons (Fsp3) is 0.625. The van der Waals surface area contributed by atoms with Gasteiger partial charge >= 0.3 is 6.18 Å². The predicted molar refractivity (Wildman–Crippen MR) is 83.8 cm³/mol. The number of ether oxygens (including phenoxy) is 1. The first-order valence-corrected chi connectivity index (χ1v) is 8.30. The number of halogens is 4. The fourth-order valence-electron chi connectivity index (χ4n) is 3.21. The van der Waals surface area contributed by atoms with Gasteiger partial charge in [0.1, 0.15) is 6.23 Å². The monoisotopic (exact) mass is 348 g/mol. The van der Waals surface area contributed by atoms with E-state index in [9.17, 15) is 13.2 Å². The Morgan fingerprint density at radius 1 is 1.09 bits per heavy atom. The molecule has 2 saturated heterocycles. The summed E-state index contributed by atoms with van der Waals surface area (Å²) in [6, 6.07) is 4.13. The normalized spacial score (nSPS) is 24.0. The second-order valence-corrected chi connectivity index (χ2v) is 6.41. The number of nitrogens with zero attached hydrogens (tertiary/aromatic N) is 2. The number of alkyl halides is 3. The molecule has 0 radical (unpaired) electrons. The third kappa shape index (κ3) is 3.92. The summed E-state index contributed by atoms with van der Waals surface area (Å²) in [7, 11) is 0. The topological polar surface area (TPSA) is 15.7 Å². The first kappa shape index (κ1) is 16.9. The molecule has 0 aromatic heterocycles. The second kappa shape index (κ2) is 6.87. The second-order valence-electron chi connectivity index (χ2n) is 6.01. The summed E-state index contributed by atoms with van der Waals surface area (Å²) in [4.78, 5) is 4.27. The van der Waals surface area contributed by atoms with Gasteiger partial charge in [-0.1, -0.05) is 11.6 Å². The van der Waals surface area contributed by atoms with Crippen LogP contribution in [0.3, 0.4) is 0 Å². The van der Waals surface area contributed by atoms with Crippen LogP contribution in [-0.2, 0) is 10.9 Å². The molecule has 0 spiro atoms. The van der Waals surface area contributed by atoms with E-state index in [0.29, 0.717) is 18.8 Å². The van der Waals surface area contributed by atoms with Gasteiger partial charge in [0.15, 0.2) is 0 Å². The van der Waals surface area contributed by atoms with Crippen molar-refractivity contribution >= 4 is 17.3 Å². The van der Waals surface area contributed by atoms with E-state index in [1.807, 2.05) is 4.90 Å². The molecule has 2 heterocycles. The average Bonchev–Trinajstić information content (AvgIpc) is 2.55. The van der Waals surface area contributed by atoms with E-state index in [4.69, 9.17) is 16.3 Å². The predicted octanol–water partition coefficient (Wildman–Crippen LogP) is 4.01. The Kier molecular flexibility index (Phi) is 5.04. The molecule has 0 N–H and O–H groups in total. The molecule has 0 aliphatic carbocycles. The molecule has 3 rings (SSSR count). The highest BCUT2D eigenvalue weighted by molar-refractivity contribution is 6.31. The number of hydrogen-bond donors (Lipinski definition) is 0. The van der Waals surface area contributed by atoms with Crippen molar-refractivity contribution in [3.8, 4) is 0 Å². The molecular weight excluding hydrogens is 329 g/mol. The SMILES string of the molecule is FC(F)(F)c1cc(N2CCN(C3CCCCO3)CC2)ccc1Cl. The number of benzene rings is 1. The number of rotatable bonds is 2. The van der Waals surface area contributed by atoms with Crippen molar-refractivity contribution in [3.63, 3.8) is 0 Å². The molecule has 0 bridgehead atoms. The van der Waals surface area contributed by atoms with Crippen LogP contribution in [0.5, 0.6) is 0 Å². The largest absolute Gasteiger partial charge is 0.417 e. The lowest BCUT2D eigenvalue weighted by atomic mass is 10.1. The minimum Gasteiger partial charge on any atom is -0.369 e. The molecule has 128 valence electrons. The third-order valence-electron chi connectivity index (χ3n) is 4.50. The summed E-state index contributed by atoms with van der Waals surface area (Å²) < 4.78 is 44.7. The first-order chi connectivity index (χ1) is 10.9. The smallest absolute Gasteiger partial charge is 0.369 e. The lowest BCUT2D eigenvalue weighted by Crippen LogP contribution is -2.51. The molecular formula is C16H20ClF3N2O. The maximum atomic E-state index is 13.0. The van der Waals surface area contributed by atoms with E-state index in [-0.39, 0.29) is 11.3 Å². The fourth-order valence-corrected chi connectivity index (χ4v) is 3.43. The summed E-state index contributed by atoms with van der Waals surface area (Å²) in [6.07, 6.45) is -0.926. The van der Waals surface area contributed by atoms with Crippen molar-refractivity contribution in [1.82, 2.24) is 4.90 Å². The van der Waals surface area contributed by atoms with Crippen LogP contribution < -0.4 is 4.90 Å². The van der Waals surface area contributed by atoms with Gasteiger partial charge in [-0.2, -0.15) is 13.2 Å². The van der Waals surface area contributed by atoms with Crippen molar-refractivity contribution in [2.45, 2.75) is 31.7 Å². The molecule has 2 fully saturated rings. The molecule has 2 aliphatic rings. The van der Waals surface area contributed by atoms with Gasteiger partial charge in [-0.05, 0) is 37.5 Å². The van der Waals surface area contributed by atoms with Crippen LogP contribution in [0.4, 0.5) is 18.9 Å². The molecule has 2 aliphatic heterocycles. The highest BCUT2D eigenvalue weighted by atomic mass is 35.5. The van der Waals surface area contributed by atoms with Crippen molar-refractivity contribution in [2.75, 3.05) is 37.7 Å². The van der Waals surface area contributed by atoms with Crippen molar-refractivity contribution in [3.05, 3.63) is 28.8 Å². The van der Waals surface area contributed by atoms with Crippen LogP contribution >= 0.6 is 11.6 Å². The van der Waals surface area contributed by atoms with Crippen molar-refractivity contribution < 1.29 is 17.9 Å². The molecule has 7 heteroatoms. The standard InChI is InChI=1S/C16H20ClF3N2O/c17-14-5-4-12(11-13(14)16(18,19)20)21-6-8-22(9-7-21)15-3-1-2-10-23-15/h4-5,11,15H,1-3,6-10H2. The lowest BCUT2D eigenvalue weighted by molar-refractivity contribution is -0.137. The summed E-state index contributed by atoms with van der Waals surface area (Å²) in [5, 5.41) is -0.254. The van der Waals surface area contributed by atoms with Gasteiger partial charge in [-0.3, -0.25) is 4.90 Å². The Balaban J connectivity index is 1.65. The van der Waals surface area contributed by atoms with Gasteiger partial charge < -0.3 is 9.64 Å². The molecule has 1 aromatic carbocycles. The van der Waals surface area contributed by atoms with Gasteiger partial charge in [0.2, 0.25) is 0 Å². The van der Waals surface area contributed by atoms with Crippen LogP contribution in [0.25, 0.3) is 0 Å². The Bertz CT molecular complexity index is 539. The van der Waals surface area contributed by atoms with Crippen molar-refractivity contribution in [1.29, 1.82) is 0 Å². The Morgan fingerprint density at radius 3 is 2.43 bits per heavy atom. The molecule has 3 nitrogen and oxygen atoms in total. The number of anilines is 1. The van der Waals surface area contributed by atoms with E-state index in [1.54, 1.807) is 6.07 Å². The number of piperazine rings is 1. The van der Waals surface area contributed by atoms with Gasteiger partial charge in [0.05, 0.1) is 10.6 Å². The van der Waals surface area contributed by atoms with Crippen LogP contribution in [0.15, 0.2) is 18.2 Å². The van der Waals surface area contributed by atoms with Crippen LogP contribution in [0.2, 0.25) is 5.02 Å². The molecule has 1 atom stereocenters. The van der Waals surface area contributed by atoms with Crippen LogP contribution in [0.1, 0.15) is 24.8 Å². The summed E-state index contributed by atoms with van der Waals surface area (Å²) in [6.45, 7) is 3.79. The molecule has 23 heavy (non-hydrogen) atoms. The number of hydrogen-bond acceptors (Lipinski definition) is 3. The van der Waals surface area contributed by atoms with E-state index >= 15 is 0 Å². The Hall–Kier alpha value is -0.980. The zero-order valence-corrected chi connectivity index (χ0v) is 13.5. The minimum atomic E-state index is -4.43. The average molecular weight is 349 g/mol. The first-order valence-electron chi connectivity index (χ1n) is 7.92.